The summed E-state index contributed by atoms with van der Waals surface area (Å²) in [6.07, 6.45) is 5.25. The standard InChI is InChI=1S/C24H31N5O3/c1-17-12-20(18-6-7-22(25)26-14-18)13-21(27-17)19-4-2-9-29(15-19)24(31)16-32-11-10-28-8-3-5-23(28)30/h6-7,12-14,19H,2-5,8-11,15-16H2,1H3,(H2,25,26). The van der Waals surface area contributed by atoms with Crippen LogP contribution in [0.3, 0.4) is 0 Å². The van der Waals surface area contributed by atoms with Gasteiger partial charge in [-0.15, -0.1) is 0 Å². The van der Waals surface area contributed by atoms with Crippen LogP contribution in [-0.2, 0) is 14.3 Å². The molecule has 2 N–H and O–H groups in total. The molecule has 2 saturated heterocycles. The Morgan fingerprint density at radius 1 is 1.22 bits per heavy atom. The molecule has 4 rings (SSSR count). The maximum Gasteiger partial charge on any atom is 0.248 e. The van der Waals surface area contributed by atoms with E-state index in [9.17, 15) is 9.59 Å². The normalized spacial score (nSPS) is 18.9. The van der Waals surface area contributed by atoms with E-state index in [4.69, 9.17) is 15.5 Å². The van der Waals surface area contributed by atoms with Crippen molar-refractivity contribution in [1.29, 1.82) is 0 Å². The molecule has 8 nitrogen and oxygen atoms in total. The van der Waals surface area contributed by atoms with E-state index in [-0.39, 0.29) is 24.3 Å². The zero-order valence-corrected chi connectivity index (χ0v) is 18.6. The van der Waals surface area contributed by atoms with Gasteiger partial charge < -0.3 is 20.3 Å². The number of amides is 2. The van der Waals surface area contributed by atoms with Gasteiger partial charge in [-0.2, -0.15) is 0 Å². The summed E-state index contributed by atoms with van der Waals surface area (Å²) in [6.45, 7) is 5.17. The molecule has 4 heterocycles. The molecule has 0 aromatic carbocycles. The predicted octanol–water partition coefficient (Wildman–Crippen LogP) is 2.38. The number of rotatable bonds is 7. The smallest absolute Gasteiger partial charge is 0.248 e. The summed E-state index contributed by atoms with van der Waals surface area (Å²) in [4.78, 5) is 37.0. The van der Waals surface area contributed by atoms with Crippen LogP contribution in [0.25, 0.3) is 11.1 Å². The molecule has 0 aliphatic carbocycles. The second-order valence-corrected chi connectivity index (χ2v) is 8.61. The number of piperidine rings is 1. The van der Waals surface area contributed by atoms with E-state index >= 15 is 0 Å². The van der Waals surface area contributed by atoms with E-state index in [2.05, 4.69) is 11.1 Å². The highest BCUT2D eigenvalue weighted by Crippen LogP contribution is 2.29. The van der Waals surface area contributed by atoms with Crippen molar-refractivity contribution >= 4 is 17.6 Å². The van der Waals surface area contributed by atoms with Crippen LogP contribution in [0.5, 0.6) is 0 Å². The van der Waals surface area contributed by atoms with Gasteiger partial charge in [0.15, 0.2) is 0 Å². The van der Waals surface area contributed by atoms with Crippen LogP contribution in [0.2, 0.25) is 0 Å². The Morgan fingerprint density at radius 3 is 2.84 bits per heavy atom. The molecule has 0 saturated carbocycles. The SMILES string of the molecule is Cc1cc(-c2ccc(N)nc2)cc(C2CCCN(C(=O)COCCN3CCCC3=O)C2)n1. The van der Waals surface area contributed by atoms with Crippen molar-refractivity contribution in [2.45, 2.75) is 38.5 Å². The molecule has 2 amide bonds. The summed E-state index contributed by atoms with van der Waals surface area (Å²) in [5.41, 5.74) is 9.72. The number of ether oxygens (including phenoxy) is 1. The van der Waals surface area contributed by atoms with Gasteiger partial charge >= 0.3 is 0 Å². The van der Waals surface area contributed by atoms with Crippen LogP contribution in [0.1, 0.15) is 43.0 Å². The number of nitrogen functional groups attached to an aromatic ring is 1. The largest absolute Gasteiger partial charge is 0.384 e. The molecule has 2 aromatic heterocycles. The monoisotopic (exact) mass is 437 g/mol. The second kappa shape index (κ2) is 10.1. The molecular weight excluding hydrogens is 406 g/mol. The highest BCUT2D eigenvalue weighted by Gasteiger charge is 2.26. The summed E-state index contributed by atoms with van der Waals surface area (Å²) in [5.74, 6) is 0.863. The number of nitrogens with zero attached hydrogens (tertiary/aromatic N) is 4. The van der Waals surface area contributed by atoms with Gasteiger partial charge in [0, 0.05) is 61.7 Å². The Labute approximate surface area is 188 Å². The summed E-state index contributed by atoms with van der Waals surface area (Å²) in [7, 11) is 0. The quantitative estimate of drug-likeness (QED) is 0.668. The molecule has 2 aliphatic rings. The first-order valence-corrected chi connectivity index (χ1v) is 11.3. The van der Waals surface area contributed by atoms with Crippen molar-refractivity contribution in [3.63, 3.8) is 0 Å². The van der Waals surface area contributed by atoms with Crippen molar-refractivity contribution in [3.05, 3.63) is 41.9 Å². The van der Waals surface area contributed by atoms with E-state index in [1.807, 2.05) is 24.0 Å². The lowest BCUT2D eigenvalue weighted by atomic mass is 9.92. The van der Waals surface area contributed by atoms with Gasteiger partial charge in [-0.3, -0.25) is 14.6 Å². The van der Waals surface area contributed by atoms with Crippen LogP contribution in [0.4, 0.5) is 5.82 Å². The van der Waals surface area contributed by atoms with Gasteiger partial charge in [0.05, 0.1) is 6.61 Å². The number of pyridine rings is 2. The summed E-state index contributed by atoms with van der Waals surface area (Å²) >= 11 is 0. The van der Waals surface area contributed by atoms with Gasteiger partial charge in [0.2, 0.25) is 11.8 Å². The maximum absolute atomic E-state index is 12.7. The molecule has 1 unspecified atom stereocenters. The van der Waals surface area contributed by atoms with Crippen molar-refractivity contribution in [2.75, 3.05) is 45.1 Å². The Morgan fingerprint density at radius 2 is 2.09 bits per heavy atom. The van der Waals surface area contributed by atoms with E-state index < -0.39 is 0 Å². The third kappa shape index (κ3) is 5.43. The molecule has 1 atom stereocenters. The molecule has 0 bridgehead atoms. The van der Waals surface area contributed by atoms with Gasteiger partial charge in [0.25, 0.3) is 0 Å². The highest BCUT2D eigenvalue weighted by molar-refractivity contribution is 5.78. The zero-order chi connectivity index (χ0) is 22.5. The molecule has 2 aromatic rings. The number of anilines is 1. The van der Waals surface area contributed by atoms with Crippen LogP contribution >= 0.6 is 0 Å². The number of carbonyl (C=O) groups excluding carboxylic acids is 2. The third-order valence-electron chi connectivity index (χ3n) is 6.19. The lowest BCUT2D eigenvalue weighted by Gasteiger charge is -2.33. The number of nitrogens with two attached hydrogens (primary N) is 1. The van der Waals surface area contributed by atoms with E-state index in [1.165, 1.54) is 0 Å². The molecule has 0 spiro atoms. The molecule has 2 aliphatic heterocycles. The van der Waals surface area contributed by atoms with Gasteiger partial charge in [-0.1, -0.05) is 0 Å². The molecule has 2 fully saturated rings. The van der Waals surface area contributed by atoms with E-state index in [0.717, 1.165) is 54.9 Å². The van der Waals surface area contributed by atoms with E-state index in [1.54, 1.807) is 17.2 Å². The van der Waals surface area contributed by atoms with Crippen molar-refractivity contribution in [3.8, 4) is 11.1 Å². The lowest BCUT2D eigenvalue weighted by molar-refractivity contribution is -0.137. The highest BCUT2D eigenvalue weighted by atomic mass is 16.5. The number of aromatic nitrogens is 2. The predicted molar refractivity (Wildman–Crippen MR) is 122 cm³/mol. The van der Waals surface area contributed by atoms with Crippen LogP contribution in [0, 0.1) is 6.92 Å². The number of likely N-dealkylation sites (tertiary alicyclic amines) is 2. The number of aryl methyl sites for hydroxylation is 1. The average Bonchev–Trinajstić information content (AvgIpc) is 3.21. The topological polar surface area (TPSA) is 102 Å². The van der Waals surface area contributed by atoms with Crippen molar-refractivity contribution < 1.29 is 14.3 Å². The Balaban J connectivity index is 1.34. The van der Waals surface area contributed by atoms with Gasteiger partial charge in [0.1, 0.15) is 12.4 Å². The number of hydrogen-bond acceptors (Lipinski definition) is 6. The lowest BCUT2D eigenvalue weighted by Crippen LogP contribution is -2.41. The average molecular weight is 438 g/mol. The second-order valence-electron chi connectivity index (χ2n) is 8.61. The zero-order valence-electron chi connectivity index (χ0n) is 18.6. The minimum absolute atomic E-state index is 0.00180. The summed E-state index contributed by atoms with van der Waals surface area (Å²) in [6, 6.07) is 7.90. The molecule has 32 heavy (non-hydrogen) atoms. The Bertz CT molecular complexity index is 963. The molecular formula is C24H31N5O3. The summed E-state index contributed by atoms with van der Waals surface area (Å²) < 4.78 is 5.59. The Hall–Kier alpha value is -3.00. The Kier molecular flexibility index (Phi) is 6.99. The fourth-order valence-corrected chi connectivity index (χ4v) is 4.46. The fraction of sp³-hybridized carbons (Fsp3) is 0.500. The first kappa shape index (κ1) is 22.2. The molecule has 170 valence electrons. The van der Waals surface area contributed by atoms with Gasteiger partial charge in [-0.25, -0.2) is 4.98 Å². The van der Waals surface area contributed by atoms with Crippen molar-refractivity contribution in [1.82, 2.24) is 19.8 Å². The minimum Gasteiger partial charge on any atom is -0.384 e. The fourth-order valence-electron chi connectivity index (χ4n) is 4.46. The van der Waals surface area contributed by atoms with Crippen LogP contribution in [-0.4, -0.2) is 71.0 Å². The maximum atomic E-state index is 12.7. The van der Waals surface area contributed by atoms with Crippen LogP contribution in [0.15, 0.2) is 30.5 Å². The number of carbonyl (C=O) groups is 2. The first-order valence-electron chi connectivity index (χ1n) is 11.3. The van der Waals surface area contributed by atoms with Crippen molar-refractivity contribution in [2.24, 2.45) is 0 Å². The minimum atomic E-state index is -0.00180. The third-order valence-corrected chi connectivity index (χ3v) is 6.19. The molecule has 8 heteroatoms. The first-order chi connectivity index (χ1) is 15.5. The van der Waals surface area contributed by atoms with Crippen LogP contribution < -0.4 is 5.73 Å². The number of hydrogen-bond donors (Lipinski definition) is 1. The molecule has 0 radical (unpaired) electrons. The summed E-state index contributed by atoms with van der Waals surface area (Å²) in [5, 5.41) is 0. The van der Waals surface area contributed by atoms with Gasteiger partial charge in [-0.05, 0) is 56.0 Å². The van der Waals surface area contributed by atoms with E-state index in [0.29, 0.717) is 31.9 Å².